The molecule has 6 nitrogen and oxygen atoms in total. The van der Waals surface area contributed by atoms with Crippen molar-refractivity contribution in [1.82, 2.24) is 20.2 Å². The number of carboxylic acid groups (broad SMARTS) is 1. The fourth-order valence-corrected chi connectivity index (χ4v) is 1.81. The lowest BCUT2D eigenvalue weighted by Gasteiger charge is -2.07. The first kappa shape index (κ1) is 12.5. The third-order valence-electron chi connectivity index (χ3n) is 2.42. The molecule has 18 heavy (non-hydrogen) atoms. The van der Waals surface area contributed by atoms with E-state index in [0.717, 1.165) is 6.42 Å². The maximum atomic E-state index is 11.2. The van der Waals surface area contributed by atoms with E-state index in [2.05, 4.69) is 15.5 Å². The zero-order valence-electron chi connectivity index (χ0n) is 9.67. The number of aryl methyl sites for hydroxylation is 1. The first-order valence-electron chi connectivity index (χ1n) is 5.44. The van der Waals surface area contributed by atoms with Crippen LogP contribution in [0.1, 0.15) is 29.5 Å². The molecule has 1 aromatic heterocycles. The summed E-state index contributed by atoms with van der Waals surface area (Å²) < 4.78 is 1.43. The lowest BCUT2D eigenvalue weighted by molar-refractivity contribution is 0.0696. The van der Waals surface area contributed by atoms with Crippen molar-refractivity contribution in [2.75, 3.05) is 0 Å². The molecule has 7 heteroatoms. The second kappa shape index (κ2) is 5.14. The van der Waals surface area contributed by atoms with Gasteiger partial charge in [-0.15, -0.1) is 5.10 Å². The van der Waals surface area contributed by atoms with Crippen molar-refractivity contribution in [3.8, 4) is 5.69 Å². The molecule has 1 aromatic carbocycles. The second-order valence-corrected chi connectivity index (χ2v) is 4.16. The SMILES string of the molecule is CCCc1nnnn1-c1ccc(Cl)cc1C(=O)O. The van der Waals surface area contributed by atoms with E-state index < -0.39 is 5.97 Å². The molecular weight excluding hydrogens is 256 g/mol. The molecule has 2 aromatic rings. The van der Waals surface area contributed by atoms with Gasteiger partial charge in [-0.1, -0.05) is 18.5 Å². The molecule has 0 radical (unpaired) electrons. The summed E-state index contributed by atoms with van der Waals surface area (Å²) in [7, 11) is 0. The summed E-state index contributed by atoms with van der Waals surface area (Å²) in [5.74, 6) is -0.437. The Labute approximate surface area is 108 Å². The topological polar surface area (TPSA) is 80.9 Å². The van der Waals surface area contributed by atoms with E-state index in [0.29, 0.717) is 23.0 Å². The summed E-state index contributed by atoms with van der Waals surface area (Å²) in [4.78, 5) is 11.2. The molecule has 0 aliphatic rings. The highest BCUT2D eigenvalue weighted by Crippen LogP contribution is 2.20. The third kappa shape index (κ3) is 2.33. The smallest absolute Gasteiger partial charge is 0.337 e. The molecule has 1 heterocycles. The minimum absolute atomic E-state index is 0.0761. The zero-order chi connectivity index (χ0) is 13.1. The van der Waals surface area contributed by atoms with Gasteiger partial charge in [0, 0.05) is 11.4 Å². The van der Waals surface area contributed by atoms with Crippen LogP contribution >= 0.6 is 11.6 Å². The molecule has 1 N–H and O–H groups in total. The van der Waals surface area contributed by atoms with Gasteiger partial charge in [0.25, 0.3) is 0 Å². The Hall–Kier alpha value is -1.95. The number of rotatable bonds is 4. The van der Waals surface area contributed by atoms with Crippen LogP contribution in [0.25, 0.3) is 5.69 Å². The van der Waals surface area contributed by atoms with Gasteiger partial charge in [0.1, 0.15) is 0 Å². The van der Waals surface area contributed by atoms with Gasteiger partial charge in [-0.25, -0.2) is 4.79 Å². The lowest BCUT2D eigenvalue weighted by Crippen LogP contribution is -2.09. The number of hydrogen-bond donors (Lipinski definition) is 1. The van der Waals surface area contributed by atoms with Gasteiger partial charge in [-0.2, -0.15) is 4.68 Å². The highest BCUT2D eigenvalue weighted by Gasteiger charge is 2.16. The molecule has 0 saturated carbocycles. The predicted octanol–water partition coefficient (Wildman–Crippen LogP) is 1.97. The fraction of sp³-hybridized carbons (Fsp3) is 0.273. The van der Waals surface area contributed by atoms with Crippen LogP contribution in [0.4, 0.5) is 0 Å². The molecule has 0 spiro atoms. The van der Waals surface area contributed by atoms with Gasteiger partial charge in [-0.05, 0) is 35.0 Å². The molecule has 94 valence electrons. The second-order valence-electron chi connectivity index (χ2n) is 3.72. The predicted molar refractivity (Wildman–Crippen MR) is 65.1 cm³/mol. The summed E-state index contributed by atoms with van der Waals surface area (Å²) >= 11 is 5.80. The van der Waals surface area contributed by atoms with Gasteiger partial charge >= 0.3 is 5.97 Å². The van der Waals surface area contributed by atoms with E-state index in [1.165, 1.54) is 10.7 Å². The standard InChI is InChI=1S/C11H11ClN4O2/c1-2-3-10-13-14-15-16(10)9-5-4-7(12)6-8(9)11(17)18/h4-6H,2-3H2,1H3,(H,17,18). The highest BCUT2D eigenvalue weighted by molar-refractivity contribution is 6.31. The first-order chi connectivity index (χ1) is 8.63. The maximum Gasteiger partial charge on any atom is 0.337 e. The van der Waals surface area contributed by atoms with Gasteiger partial charge in [-0.3, -0.25) is 0 Å². The van der Waals surface area contributed by atoms with E-state index in [1.54, 1.807) is 12.1 Å². The molecule has 2 rings (SSSR count). The number of halogens is 1. The Kier molecular flexibility index (Phi) is 3.57. The normalized spacial score (nSPS) is 10.6. The third-order valence-corrected chi connectivity index (χ3v) is 2.66. The molecular formula is C11H11ClN4O2. The largest absolute Gasteiger partial charge is 0.478 e. The van der Waals surface area contributed by atoms with Crippen molar-refractivity contribution in [3.05, 3.63) is 34.6 Å². The molecule has 0 saturated heterocycles. The minimum Gasteiger partial charge on any atom is -0.478 e. The van der Waals surface area contributed by atoms with Crippen LogP contribution in [0.5, 0.6) is 0 Å². The van der Waals surface area contributed by atoms with E-state index in [1.807, 2.05) is 6.92 Å². The van der Waals surface area contributed by atoms with Crippen molar-refractivity contribution in [3.63, 3.8) is 0 Å². The van der Waals surface area contributed by atoms with Crippen molar-refractivity contribution in [1.29, 1.82) is 0 Å². The van der Waals surface area contributed by atoms with Crippen LogP contribution in [0.15, 0.2) is 18.2 Å². The molecule has 0 amide bonds. The Bertz CT molecular complexity index is 582. The molecule has 0 fully saturated rings. The summed E-state index contributed by atoms with van der Waals surface area (Å²) in [5, 5.41) is 20.8. The van der Waals surface area contributed by atoms with Gasteiger partial charge in [0.05, 0.1) is 11.3 Å². The quantitative estimate of drug-likeness (QED) is 0.915. The van der Waals surface area contributed by atoms with Crippen molar-refractivity contribution < 1.29 is 9.90 Å². The monoisotopic (exact) mass is 266 g/mol. The number of aromatic carboxylic acids is 1. The number of benzene rings is 1. The Morgan fingerprint density at radius 3 is 2.94 bits per heavy atom. The van der Waals surface area contributed by atoms with Crippen LogP contribution < -0.4 is 0 Å². The van der Waals surface area contributed by atoms with E-state index in [-0.39, 0.29) is 5.56 Å². The average molecular weight is 267 g/mol. The maximum absolute atomic E-state index is 11.2. The molecule has 0 aliphatic carbocycles. The fourth-order valence-electron chi connectivity index (χ4n) is 1.64. The van der Waals surface area contributed by atoms with Crippen LogP contribution in [0.2, 0.25) is 5.02 Å². The number of tetrazole rings is 1. The zero-order valence-corrected chi connectivity index (χ0v) is 10.4. The minimum atomic E-state index is -1.06. The van der Waals surface area contributed by atoms with Crippen molar-refractivity contribution in [2.24, 2.45) is 0 Å². The summed E-state index contributed by atoms with van der Waals surface area (Å²) in [6, 6.07) is 4.60. The van der Waals surface area contributed by atoms with Crippen molar-refractivity contribution in [2.45, 2.75) is 19.8 Å². The van der Waals surface area contributed by atoms with E-state index in [9.17, 15) is 4.79 Å². The molecule has 0 aliphatic heterocycles. The summed E-state index contributed by atoms with van der Waals surface area (Å²) in [6.45, 7) is 2.00. The molecule has 0 atom stereocenters. The van der Waals surface area contributed by atoms with Crippen LogP contribution in [0, 0.1) is 0 Å². The number of nitrogens with zero attached hydrogens (tertiary/aromatic N) is 4. The number of aromatic nitrogens is 4. The Morgan fingerprint density at radius 1 is 1.50 bits per heavy atom. The van der Waals surface area contributed by atoms with Gasteiger partial charge in [0.2, 0.25) is 0 Å². The van der Waals surface area contributed by atoms with Gasteiger partial charge in [0.15, 0.2) is 5.82 Å². The molecule has 0 bridgehead atoms. The Balaban J connectivity index is 2.56. The molecule has 0 unspecified atom stereocenters. The van der Waals surface area contributed by atoms with Crippen molar-refractivity contribution >= 4 is 17.6 Å². The van der Waals surface area contributed by atoms with E-state index >= 15 is 0 Å². The van der Waals surface area contributed by atoms with E-state index in [4.69, 9.17) is 16.7 Å². The lowest BCUT2D eigenvalue weighted by atomic mass is 10.1. The van der Waals surface area contributed by atoms with Crippen LogP contribution in [-0.4, -0.2) is 31.3 Å². The number of hydrogen-bond acceptors (Lipinski definition) is 4. The number of carboxylic acids is 1. The summed E-state index contributed by atoms with van der Waals surface area (Å²) in [6.07, 6.45) is 1.55. The highest BCUT2D eigenvalue weighted by atomic mass is 35.5. The Morgan fingerprint density at radius 2 is 2.28 bits per heavy atom. The van der Waals surface area contributed by atoms with Gasteiger partial charge < -0.3 is 5.11 Å². The summed E-state index contributed by atoms with van der Waals surface area (Å²) in [5.41, 5.74) is 0.493. The van der Waals surface area contributed by atoms with Crippen LogP contribution in [0.3, 0.4) is 0 Å². The number of carbonyl (C=O) groups is 1. The van der Waals surface area contributed by atoms with Crippen LogP contribution in [-0.2, 0) is 6.42 Å². The average Bonchev–Trinajstić information content (AvgIpc) is 2.77. The first-order valence-corrected chi connectivity index (χ1v) is 5.81.